The zero-order valence-electron chi connectivity index (χ0n) is 10.5. The first-order valence-corrected chi connectivity index (χ1v) is 7.11. The summed E-state index contributed by atoms with van der Waals surface area (Å²) in [6.45, 7) is 6.76. The van der Waals surface area contributed by atoms with Crippen molar-refractivity contribution in [3.8, 4) is 5.75 Å². The number of halogens is 1. The maximum absolute atomic E-state index is 6.03. The normalized spacial score (nSPS) is 21.8. The van der Waals surface area contributed by atoms with Gasteiger partial charge in [-0.25, -0.2) is 0 Å². The number of piperidine rings is 1. The van der Waals surface area contributed by atoms with Crippen LogP contribution in [0.3, 0.4) is 0 Å². The summed E-state index contributed by atoms with van der Waals surface area (Å²) in [4.78, 5) is 2.49. The lowest BCUT2D eigenvalue weighted by Crippen LogP contribution is -2.44. The van der Waals surface area contributed by atoms with E-state index in [4.69, 9.17) is 4.74 Å². The topological polar surface area (TPSA) is 12.5 Å². The standard InChI is InChI=1S/C14H20BrNO/c1-11(2)16-9-3-4-14(10-16)17-13-7-5-12(15)6-8-13/h5-8,11,14H,3-4,9-10H2,1-2H3. The van der Waals surface area contributed by atoms with Crippen molar-refractivity contribution in [1.29, 1.82) is 0 Å². The molecule has 1 aliphatic rings. The van der Waals surface area contributed by atoms with Crippen LogP contribution in [0.4, 0.5) is 0 Å². The molecule has 0 N–H and O–H groups in total. The molecular formula is C14H20BrNO. The molecule has 1 heterocycles. The van der Waals surface area contributed by atoms with Crippen LogP contribution in [0, 0.1) is 0 Å². The Morgan fingerprint density at radius 1 is 1.29 bits per heavy atom. The Morgan fingerprint density at radius 2 is 2.00 bits per heavy atom. The highest BCUT2D eigenvalue weighted by Gasteiger charge is 2.22. The SMILES string of the molecule is CC(C)N1CCCC(Oc2ccc(Br)cc2)C1. The van der Waals surface area contributed by atoms with Crippen molar-refractivity contribution in [1.82, 2.24) is 4.90 Å². The zero-order valence-corrected chi connectivity index (χ0v) is 12.1. The lowest BCUT2D eigenvalue weighted by atomic mass is 10.1. The maximum Gasteiger partial charge on any atom is 0.119 e. The predicted octanol–water partition coefficient (Wildman–Crippen LogP) is 3.70. The Balaban J connectivity index is 1.92. The second kappa shape index (κ2) is 5.87. The van der Waals surface area contributed by atoms with Crippen LogP contribution in [0.5, 0.6) is 5.75 Å². The zero-order chi connectivity index (χ0) is 12.3. The van der Waals surface area contributed by atoms with Crippen LogP contribution in [0.15, 0.2) is 28.7 Å². The average molecular weight is 298 g/mol. The van der Waals surface area contributed by atoms with Crippen LogP contribution in [0.1, 0.15) is 26.7 Å². The van der Waals surface area contributed by atoms with Gasteiger partial charge < -0.3 is 4.74 Å². The summed E-state index contributed by atoms with van der Waals surface area (Å²) in [5.41, 5.74) is 0. The molecule has 0 bridgehead atoms. The first kappa shape index (κ1) is 12.9. The number of ether oxygens (including phenoxy) is 1. The third-order valence-corrected chi connectivity index (χ3v) is 3.78. The van der Waals surface area contributed by atoms with Gasteiger partial charge in [0.05, 0.1) is 0 Å². The average Bonchev–Trinajstić information content (AvgIpc) is 2.32. The number of likely N-dealkylation sites (tertiary alicyclic amines) is 1. The van der Waals surface area contributed by atoms with Gasteiger partial charge in [0.2, 0.25) is 0 Å². The Labute approximate surface area is 112 Å². The summed E-state index contributed by atoms with van der Waals surface area (Å²) in [6, 6.07) is 8.72. The minimum Gasteiger partial charge on any atom is -0.489 e. The molecule has 1 aliphatic heterocycles. The number of nitrogens with zero attached hydrogens (tertiary/aromatic N) is 1. The van der Waals surface area contributed by atoms with Crippen LogP contribution in [0.25, 0.3) is 0 Å². The van der Waals surface area contributed by atoms with Crippen LogP contribution in [0.2, 0.25) is 0 Å². The highest BCUT2D eigenvalue weighted by atomic mass is 79.9. The van der Waals surface area contributed by atoms with E-state index in [0.29, 0.717) is 12.1 Å². The fourth-order valence-corrected chi connectivity index (χ4v) is 2.50. The molecule has 0 aliphatic carbocycles. The van der Waals surface area contributed by atoms with E-state index < -0.39 is 0 Å². The molecule has 1 aromatic rings. The fraction of sp³-hybridized carbons (Fsp3) is 0.571. The van der Waals surface area contributed by atoms with Gasteiger partial charge in [0.15, 0.2) is 0 Å². The summed E-state index contributed by atoms with van der Waals surface area (Å²) >= 11 is 3.44. The Bertz CT molecular complexity index is 350. The van der Waals surface area contributed by atoms with Crippen molar-refractivity contribution in [2.75, 3.05) is 13.1 Å². The van der Waals surface area contributed by atoms with Gasteiger partial charge in [0, 0.05) is 17.1 Å². The molecule has 1 atom stereocenters. The van der Waals surface area contributed by atoms with E-state index in [9.17, 15) is 0 Å². The first-order chi connectivity index (χ1) is 8.15. The number of hydrogen-bond acceptors (Lipinski definition) is 2. The largest absolute Gasteiger partial charge is 0.489 e. The van der Waals surface area contributed by atoms with Crippen LogP contribution >= 0.6 is 15.9 Å². The summed E-state index contributed by atoms with van der Waals surface area (Å²) < 4.78 is 7.12. The van der Waals surface area contributed by atoms with Gasteiger partial charge in [-0.3, -0.25) is 4.90 Å². The van der Waals surface area contributed by atoms with Gasteiger partial charge in [0.25, 0.3) is 0 Å². The van der Waals surface area contributed by atoms with Crippen molar-refractivity contribution in [3.05, 3.63) is 28.7 Å². The molecule has 1 fully saturated rings. The smallest absolute Gasteiger partial charge is 0.119 e. The van der Waals surface area contributed by atoms with Crippen molar-refractivity contribution in [2.24, 2.45) is 0 Å². The Morgan fingerprint density at radius 3 is 2.65 bits per heavy atom. The third kappa shape index (κ3) is 3.71. The molecule has 1 unspecified atom stereocenters. The lowest BCUT2D eigenvalue weighted by Gasteiger charge is -2.35. The number of rotatable bonds is 3. The minimum absolute atomic E-state index is 0.340. The van der Waals surface area contributed by atoms with E-state index in [1.165, 1.54) is 19.4 Å². The van der Waals surface area contributed by atoms with Crippen molar-refractivity contribution >= 4 is 15.9 Å². The summed E-state index contributed by atoms with van der Waals surface area (Å²) in [5, 5.41) is 0. The van der Waals surface area contributed by atoms with Crippen molar-refractivity contribution < 1.29 is 4.74 Å². The molecule has 94 valence electrons. The van der Waals surface area contributed by atoms with E-state index in [0.717, 1.165) is 16.8 Å². The van der Waals surface area contributed by atoms with Crippen LogP contribution in [-0.4, -0.2) is 30.1 Å². The van der Waals surface area contributed by atoms with Crippen LogP contribution in [-0.2, 0) is 0 Å². The molecular weight excluding hydrogens is 278 g/mol. The van der Waals surface area contributed by atoms with Crippen molar-refractivity contribution in [2.45, 2.75) is 38.8 Å². The molecule has 3 heteroatoms. The Kier molecular flexibility index (Phi) is 4.46. The molecule has 0 saturated carbocycles. The van der Waals surface area contributed by atoms with Gasteiger partial charge in [-0.1, -0.05) is 15.9 Å². The summed E-state index contributed by atoms with van der Waals surface area (Å²) in [7, 11) is 0. The van der Waals surface area contributed by atoms with Crippen molar-refractivity contribution in [3.63, 3.8) is 0 Å². The van der Waals surface area contributed by atoms with Gasteiger partial charge in [-0.2, -0.15) is 0 Å². The molecule has 1 aromatic carbocycles. The first-order valence-electron chi connectivity index (χ1n) is 6.31. The number of benzene rings is 1. The van der Waals surface area contributed by atoms with E-state index >= 15 is 0 Å². The van der Waals surface area contributed by atoms with Gasteiger partial charge >= 0.3 is 0 Å². The summed E-state index contributed by atoms with van der Waals surface area (Å²) in [6.07, 6.45) is 2.74. The second-order valence-electron chi connectivity index (χ2n) is 4.92. The molecule has 0 radical (unpaired) electrons. The quantitative estimate of drug-likeness (QED) is 0.843. The predicted molar refractivity (Wildman–Crippen MR) is 74.5 cm³/mol. The molecule has 1 saturated heterocycles. The summed E-state index contributed by atoms with van der Waals surface area (Å²) in [5.74, 6) is 0.976. The van der Waals surface area contributed by atoms with Gasteiger partial charge in [0.1, 0.15) is 11.9 Å². The maximum atomic E-state index is 6.03. The Hall–Kier alpha value is -0.540. The molecule has 17 heavy (non-hydrogen) atoms. The molecule has 2 rings (SSSR count). The van der Waals surface area contributed by atoms with Gasteiger partial charge in [-0.15, -0.1) is 0 Å². The molecule has 2 nitrogen and oxygen atoms in total. The fourth-order valence-electron chi connectivity index (χ4n) is 2.24. The van der Waals surface area contributed by atoms with E-state index in [-0.39, 0.29) is 0 Å². The lowest BCUT2D eigenvalue weighted by molar-refractivity contribution is 0.0706. The highest BCUT2D eigenvalue weighted by Crippen LogP contribution is 2.21. The van der Waals surface area contributed by atoms with Gasteiger partial charge in [-0.05, 0) is 57.5 Å². The highest BCUT2D eigenvalue weighted by molar-refractivity contribution is 9.10. The molecule has 0 amide bonds. The second-order valence-corrected chi connectivity index (χ2v) is 5.84. The number of hydrogen-bond donors (Lipinski definition) is 0. The monoisotopic (exact) mass is 297 g/mol. The van der Waals surface area contributed by atoms with E-state index in [2.05, 4.69) is 34.7 Å². The van der Waals surface area contributed by atoms with E-state index in [1.807, 2.05) is 24.3 Å². The minimum atomic E-state index is 0.340. The molecule has 0 spiro atoms. The van der Waals surface area contributed by atoms with Crippen LogP contribution < -0.4 is 4.74 Å². The third-order valence-electron chi connectivity index (χ3n) is 3.26. The van der Waals surface area contributed by atoms with E-state index in [1.54, 1.807) is 0 Å². The molecule has 0 aromatic heterocycles.